The van der Waals surface area contributed by atoms with Crippen LogP contribution in [-0.2, 0) is 19.2 Å². The largest absolute Gasteiger partial charge is 0.507 e. The summed E-state index contributed by atoms with van der Waals surface area (Å²) in [5.74, 6) is -0.267. The molecule has 0 aliphatic heterocycles. The maximum Gasteiger partial charge on any atom is 0.426 e. The summed E-state index contributed by atoms with van der Waals surface area (Å²) >= 11 is 0. The molecule has 0 radical (unpaired) electrons. The molecule has 0 aromatic heterocycles. The van der Waals surface area contributed by atoms with Crippen LogP contribution in [0.4, 0.5) is 9.59 Å². The Morgan fingerprint density at radius 3 is 2.18 bits per heavy atom. The maximum absolute atomic E-state index is 12.5. The Morgan fingerprint density at radius 1 is 0.895 bits per heavy atom. The van der Waals surface area contributed by atoms with Gasteiger partial charge < -0.3 is 19.3 Å². The molecule has 2 aromatic rings. The molecule has 0 heterocycles. The highest BCUT2D eigenvalue weighted by Gasteiger charge is 2.28. The second-order valence-corrected chi connectivity index (χ2v) is 10.1. The third kappa shape index (κ3) is 11.1. The van der Waals surface area contributed by atoms with Crippen LogP contribution in [0, 0.1) is 0 Å². The number of carbonyl (C=O) groups excluding carboxylic acids is 3. The predicted molar refractivity (Wildman–Crippen MR) is 138 cm³/mol. The van der Waals surface area contributed by atoms with Gasteiger partial charge >= 0.3 is 12.2 Å². The Balaban J connectivity index is 1.67. The number of benzene rings is 2. The molecule has 0 spiro atoms. The molecule has 11 heteroatoms. The minimum absolute atomic E-state index is 0.0357. The van der Waals surface area contributed by atoms with Crippen molar-refractivity contribution in [3.05, 3.63) is 59.7 Å². The first-order valence-corrected chi connectivity index (χ1v) is 12.1. The number of rotatable bonds is 11. The van der Waals surface area contributed by atoms with Gasteiger partial charge in [0.2, 0.25) is 0 Å². The van der Waals surface area contributed by atoms with E-state index in [1.165, 1.54) is 18.2 Å². The summed E-state index contributed by atoms with van der Waals surface area (Å²) in [6.07, 6.45) is -1.99. The minimum atomic E-state index is -0.924. The van der Waals surface area contributed by atoms with E-state index in [2.05, 4.69) is 10.9 Å². The van der Waals surface area contributed by atoms with Crippen molar-refractivity contribution in [3.8, 4) is 11.5 Å². The SMILES string of the molecule is CC(CC(C)(C)OOC(C)(C)C)OC(=O)NNC(=O)OCCOc1ccc(C(=O)c2ccccc2)c(O)c1. The van der Waals surface area contributed by atoms with Crippen LogP contribution in [-0.4, -0.2) is 53.6 Å². The van der Waals surface area contributed by atoms with Crippen molar-refractivity contribution in [1.82, 2.24) is 10.9 Å². The molecule has 2 aromatic carbocycles. The van der Waals surface area contributed by atoms with Crippen LogP contribution in [0.5, 0.6) is 11.5 Å². The number of carbonyl (C=O) groups is 3. The first kappa shape index (κ1) is 30.4. The molecule has 0 aliphatic carbocycles. The van der Waals surface area contributed by atoms with Gasteiger partial charge in [0.15, 0.2) is 5.78 Å². The Labute approximate surface area is 222 Å². The van der Waals surface area contributed by atoms with Gasteiger partial charge in [0, 0.05) is 18.1 Å². The highest BCUT2D eigenvalue weighted by atomic mass is 17.2. The molecule has 0 saturated carbocycles. The summed E-state index contributed by atoms with van der Waals surface area (Å²) in [6.45, 7) is 10.7. The van der Waals surface area contributed by atoms with E-state index in [1.807, 2.05) is 20.8 Å². The van der Waals surface area contributed by atoms with Gasteiger partial charge in [-0.1, -0.05) is 30.3 Å². The number of hydrogen-bond donors (Lipinski definition) is 3. The smallest absolute Gasteiger partial charge is 0.426 e. The van der Waals surface area contributed by atoms with Gasteiger partial charge in [-0.15, -0.1) is 0 Å². The van der Waals surface area contributed by atoms with Crippen molar-refractivity contribution in [2.45, 2.75) is 65.3 Å². The average molecular weight is 533 g/mol. The fourth-order valence-electron chi connectivity index (χ4n) is 3.19. The molecule has 208 valence electrons. The zero-order valence-corrected chi connectivity index (χ0v) is 22.5. The van der Waals surface area contributed by atoms with E-state index in [9.17, 15) is 19.5 Å². The van der Waals surface area contributed by atoms with E-state index in [0.29, 0.717) is 12.0 Å². The van der Waals surface area contributed by atoms with Crippen molar-refractivity contribution < 1.29 is 43.5 Å². The molecule has 0 aliphatic rings. The lowest BCUT2D eigenvalue weighted by atomic mass is 10.0. The zero-order chi connectivity index (χ0) is 28.3. The van der Waals surface area contributed by atoms with Gasteiger partial charge in [0.05, 0.1) is 11.2 Å². The lowest BCUT2D eigenvalue weighted by molar-refractivity contribution is -0.399. The second-order valence-electron chi connectivity index (χ2n) is 10.1. The van der Waals surface area contributed by atoms with Crippen LogP contribution in [0.2, 0.25) is 0 Å². The Hall–Kier alpha value is -3.83. The molecule has 2 rings (SSSR count). The van der Waals surface area contributed by atoms with Gasteiger partial charge in [-0.3, -0.25) is 4.79 Å². The van der Waals surface area contributed by atoms with E-state index in [0.717, 1.165) is 0 Å². The highest BCUT2D eigenvalue weighted by molar-refractivity contribution is 6.10. The Kier molecular flexibility index (Phi) is 10.9. The van der Waals surface area contributed by atoms with Crippen molar-refractivity contribution >= 4 is 18.0 Å². The number of phenols is 1. The van der Waals surface area contributed by atoms with Crippen LogP contribution in [0.3, 0.4) is 0 Å². The topological polar surface area (TPSA) is 142 Å². The average Bonchev–Trinajstić information content (AvgIpc) is 2.83. The third-order valence-corrected chi connectivity index (χ3v) is 4.71. The van der Waals surface area contributed by atoms with E-state index in [-0.39, 0.29) is 36.1 Å². The van der Waals surface area contributed by atoms with E-state index >= 15 is 0 Å². The van der Waals surface area contributed by atoms with Crippen LogP contribution >= 0.6 is 0 Å². The molecule has 0 fully saturated rings. The van der Waals surface area contributed by atoms with Crippen molar-refractivity contribution in [1.29, 1.82) is 0 Å². The molecule has 1 atom stereocenters. The Morgan fingerprint density at radius 2 is 1.55 bits per heavy atom. The number of amides is 2. The summed E-state index contributed by atoms with van der Waals surface area (Å²) in [7, 11) is 0. The third-order valence-electron chi connectivity index (χ3n) is 4.71. The maximum atomic E-state index is 12.5. The number of ketones is 1. The number of nitrogens with one attached hydrogen (secondary N) is 2. The number of phenolic OH excluding ortho intramolecular Hbond substituents is 1. The summed E-state index contributed by atoms with van der Waals surface area (Å²) in [6, 6.07) is 12.9. The molecule has 0 bridgehead atoms. The minimum Gasteiger partial charge on any atom is -0.507 e. The number of hydrazine groups is 1. The lowest BCUT2D eigenvalue weighted by Crippen LogP contribution is -2.44. The van der Waals surface area contributed by atoms with Gasteiger partial charge in [0.25, 0.3) is 0 Å². The van der Waals surface area contributed by atoms with Crippen molar-refractivity contribution in [2.75, 3.05) is 13.2 Å². The van der Waals surface area contributed by atoms with E-state index < -0.39 is 29.5 Å². The predicted octanol–water partition coefficient (Wildman–Crippen LogP) is 4.67. The molecule has 38 heavy (non-hydrogen) atoms. The fraction of sp³-hybridized carbons (Fsp3) is 0.444. The molecule has 0 saturated heterocycles. The van der Waals surface area contributed by atoms with Crippen LogP contribution < -0.4 is 15.6 Å². The summed E-state index contributed by atoms with van der Waals surface area (Å²) in [5, 5.41) is 10.2. The molecule has 2 amide bonds. The number of hydrogen-bond acceptors (Lipinski definition) is 9. The quantitative estimate of drug-likeness (QED) is 0.163. The zero-order valence-electron chi connectivity index (χ0n) is 22.5. The number of aromatic hydroxyl groups is 1. The van der Waals surface area contributed by atoms with Crippen LogP contribution in [0.25, 0.3) is 0 Å². The van der Waals surface area contributed by atoms with Crippen molar-refractivity contribution in [3.63, 3.8) is 0 Å². The summed E-state index contributed by atoms with van der Waals surface area (Å²) < 4.78 is 15.5. The Bertz CT molecular complexity index is 1080. The van der Waals surface area contributed by atoms with Crippen molar-refractivity contribution in [2.24, 2.45) is 0 Å². The van der Waals surface area contributed by atoms with E-state index in [4.69, 9.17) is 24.0 Å². The molecule has 1 unspecified atom stereocenters. The van der Waals surface area contributed by atoms with Gasteiger partial charge in [-0.2, -0.15) is 0 Å². The lowest BCUT2D eigenvalue weighted by Gasteiger charge is -2.30. The second kappa shape index (κ2) is 13.6. The summed E-state index contributed by atoms with van der Waals surface area (Å²) in [5.41, 5.74) is 3.55. The van der Waals surface area contributed by atoms with E-state index in [1.54, 1.807) is 51.1 Å². The molecular formula is C27H36N2O9. The van der Waals surface area contributed by atoms with Gasteiger partial charge in [0.1, 0.15) is 36.4 Å². The first-order chi connectivity index (χ1) is 17.8. The monoisotopic (exact) mass is 532 g/mol. The molecule has 3 N–H and O–H groups in total. The summed E-state index contributed by atoms with van der Waals surface area (Å²) in [4.78, 5) is 47.0. The molecule has 11 nitrogen and oxygen atoms in total. The first-order valence-electron chi connectivity index (χ1n) is 12.1. The van der Waals surface area contributed by atoms with Gasteiger partial charge in [-0.05, 0) is 53.7 Å². The van der Waals surface area contributed by atoms with Crippen LogP contribution in [0.1, 0.15) is 63.9 Å². The standard InChI is InChI=1S/C27H36N2O9/c1-18(17-27(5,6)38-37-26(2,3)4)36-25(33)29-28-24(32)35-15-14-34-20-12-13-21(22(30)16-20)23(31)19-10-8-7-9-11-19/h7-13,16,18,30H,14-15,17H2,1-6H3,(H,28,32)(H,29,33). The highest BCUT2D eigenvalue weighted by Crippen LogP contribution is 2.26. The molecular weight excluding hydrogens is 496 g/mol. The number of ether oxygens (including phenoxy) is 3. The normalized spacial score (nSPS) is 12.3. The fourth-order valence-corrected chi connectivity index (χ4v) is 3.19. The van der Waals surface area contributed by atoms with Gasteiger partial charge in [-0.25, -0.2) is 30.2 Å². The van der Waals surface area contributed by atoms with Crippen LogP contribution in [0.15, 0.2) is 48.5 Å².